The average molecular weight is 307 g/mol. The van der Waals surface area contributed by atoms with Crippen molar-refractivity contribution < 1.29 is 0 Å². The zero-order chi connectivity index (χ0) is 13.9. The summed E-state index contributed by atoms with van der Waals surface area (Å²) in [6.07, 6.45) is 4.81. The SMILES string of the molecule is CCCn1cnc2cc(NCc3cnc(Cl)s3)ccc21. The number of hydrogen-bond donors (Lipinski definition) is 1. The zero-order valence-electron chi connectivity index (χ0n) is 11.1. The fourth-order valence-corrected chi connectivity index (χ4v) is 3.06. The van der Waals surface area contributed by atoms with Crippen molar-refractivity contribution in [2.45, 2.75) is 26.4 Å². The molecule has 0 spiro atoms. The molecule has 0 saturated carbocycles. The van der Waals surface area contributed by atoms with E-state index in [1.54, 1.807) is 6.20 Å². The molecule has 0 unspecified atom stereocenters. The van der Waals surface area contributed by atoms with Crippen molar-refractivity contribution in [1.82, 2.24) is 14.5 Å². The molecule has 0 atom stereocenters. The standard InChI is InChI=1S/C14H15ClN4S/c1-2-5-19-9-18-12-6-10(3-4-13(12)19)16-7-11-8-17-14(15)20-11/h3-4,6,8-9,16H,2,5,7H2,1H3. The van der Waals surface area contributed by atoms with Crippen LogP contribution >= 0.6 is 22.9 Å². The van der Waals surface area contributed by atoms with Crippen LogP contribution < -0.4 is 5.32 Å². The average Bonchev–Trinajstić information content (AvgIpc) is 3.04. The van der Waals surface area contributed by atoms with Crippen molar-refractivity contribution in [3.8, 4) is 0 Å². The van der Waals surface area contributed by atoms with Crippen LogP contribution in [0.1, 0.15) is 18.2 Å². The van der Waals surface area contributed by atoms with Crippen LogP contribution in [-0.2, 0) is 13.1 Å². The zero-order valence-corrected chi connectivity index (χ0v) is 12.7. The number of rotatable bonds is 5. The van der Waals surface area contributed by atoms with Gasteiger partial charge in [-0.1, -0.05) is 18.5 Å². The molecule has 0 aliphatic rings. The molecule has 4 nitrogen and oxygen atoms in total. The Balaban J connectivity index is 1.75. The molecule has 0 bridgehead atoms. The Hall–Kier alpha value is -1.59. The number of nitrogens with zero attached hydrogens (tertiary/aromatic N) is 3. The molecule has 1 N–H and O–H groups in total. The van der Waals surface area contributed by atoms with Crippen molar-refractivity contribution in [2.24, 2.45) is 0 Å². The normalized spacial score (nSPS) is 11.1. The van der Waals surface area contributed by atoms with Crippen LogP contribution in [0.5, 0.6) is 0 Å². The van der Waals surface area contributed by atoms with E-state index in [0.717, 1.165) is 35.6 Å². The molecule has 3 aromatic rings. The maximum absolute atomic E-state index is 5.82. The fourth-order valence-electron chi connectivity index (χ4n) is 2.15. The Morgan fingerprint density at radius 1 is 1.35 bits per heavy atom. The number of fused-ring (bicyclic) bond motifs is 1. The Morgan fingerprint density at radius 3 is 3.00 bits per heavy atom. The van der Waals surface area contributed by atoms with Gasteiger partial charge in [0.25, 0.3) is 0 Å². The van der Waals surface area contributed by atoms with E-state index in [1.165, 1.54) is 16.9 Å². The summed E-state index contributed by atoms with van der Waals surface area (Å²) >= 11 is 7.31. The second-order valence-electron chi connectivity index (χ2n) is 4.57. The smallest absolute Gasteiger partial charge is 0.183 e. The molecule has 104 valence electrons. The monoisotopic (exact) mass is 306 g/mol. The number of benzene rings is 1. The third-order valence-electron chi connectivity index (χ3n) is 3.08. The first-order chi connectivity index (χ1) is 9.76. The quantitative estimate of drug-likeness (QED) is 0.769. The van der Waals surface area contributed by atoms with Crippen molar-refractivity contribution in [3.05, 3.63) is 40.1 Å². The van der Waals surface area contributed by atoms with Gasteiger partial charge in [-0.3, -0.25) is 0 Å². The van der Waals surface area contributed by atoms with Crippen molar-refractivity contribution >= 4 is 39.7 Å². The molecule has 3 rings (SSSR count). The van der Waals surface area contributed by atoms with Crippen LogP contribution in [0.25, 0.3) is 11.0 Å². The van der Waals surface area contributed by atoms with Crippen molar-refractivity contribution in [2.75, 3.05) is 5.32 Å². The Bertz CT molecular complexity index is 719. The van der Waals surface area contributed by atoms with E-state index >= 15 is 0 Å². The second-order valence-corrected chi connectivity index (χ2v) is 6.27. The van der Waals surface area contributed by atoms with Gasteiger partial charge in [-0.05, 0) is 24.6 Å². The van der Waals surface area contributed by atoms with Crippen LogP contribution in [0.4, 0.5) is 5.69 Å². The minimum Gasteiger partial charge on any atom is -0.380 e. The summed E-state index contributed by atoms with van der Waals surface area (Å²) in [5.41, 5.74) is 3.26. The lowest BCUT2D eigenvalue weighted by Crippen LogP contribution is -1.98. The van der Waals surface area contributed by atoms with Gasteiger partial charge in [-0.15, -0.1) is 11.3 Å². The van der Waals surface area contributed by atoms with Gasteiger partial charge in [0.15, 0.2) is 4.47 Å². The van der Waals surface area contributed by atoms with Gasteiger partial charge in [-0.25, -0.2) is 9.97 Å². The first kappa shape index (κ1) is 13.4. The maximum Gasteiger partial charge on any atom is 0.183 e. The first-order valence-corrected chi connectivity index (χ1v) is 7.74. The highest BCUT2D eigenvalue weighted by Crippen LogP contribution is 2.21. The van der Waals surface area contributed by atoms with Gasteiger partial charge in [-0.2, -0.15) is 0 Å². The van der Waals surface area contributed by atoms with Crippen LogP contribution in [0.15, 0.2) is 30.7 Å². The number of aryl methyl sites for hydroxylation is 1. The number of thiazole rings is 1. The lowest BCUT2D eigenvalue weighted by atomic mass is 10.2. The summed E-state index contributed by atoms with van der Waals surface area (Å²) in [6.45, 7) is 3.90. The van der Waals surface area contributed by atoms with Crippen LogP contribution in [-0.4, -0.2) is 14.5 Å². The highest BCUT2D eigenvalue weighted by atomic mass is 35.5. The van der Waals surface area contributed by atoms with Gasteiger partial charge in [0.05, 0.1) is 23.9 Å². The molecule has 0 amide bonds. The third kappa shape index (κ3) is 2.78. The first-order valence-electron chi connectivity index (χ1n) is 6.55. The van der Waals surface area contributed by atoms with Gasteiger partial charge in [0.2, 0.25) is 0 Å². The molecule has 0 aliphatic carbocycles. The molecule has 2 aromatic heterocycles. The number of halogens is 1. The van der Waals surface area contributed by atoms with E-state index in [-0.39, 0.29) is 0 Å². The number of anilines is 1. The third-order valence-corrected chi connectivity index (χ3v) is 4.19. The summed E-state index contributed by atoms with van der Waals surface area (Å²) in [5.74, 6) is 0. The van der Waals surface area contributed by atoms with E-state index in [1.807, 2.05) is 6.33 Å². The molecule has 20 heavy (non-hydrogen) atoms. The Kier molecular flexibility index (Phi) is 3.89. The van der Waals surface area contributed by atoms with E-state index < -0.39 is 0 Å². The summed E-state index contributed by atoms with van der Waals surface area (Å²) in [4.78, 5) is 9.60. The molecular weight excluding hydrogens is 292 g/mol. The minimum absolute atomic E-state index is 0.579. The summed E-state index contributed by atoms with van der Waals surface area (Å²) < 4.78 is 2.76. The lowest BCUT2D eigenvalue weighted by molar-refractivity contribution is 0.697. The molecule has 1 aromatic carbocycles. The number of hydrogen-bond acceptors (Lipinski definition) is 4. The lowest BCUT2D eigenvalue weighted by Gasteiger charge is -2.05. The van der Waals surface area contributed by atoms with Crippen LogP contribution in [0.2, 0.25) is 4.47 Å². The highest BCUT2D eigenvalue weighted by molar-refractivity contribution is 7.15. The molecular formula is C14H15ClN4S. The summed E-state index contributed by atoms with van der Waals surface area (Å²) in [5, 5.41) is 3.37. The molecule has 0 saturated heterocycles. The van der Waals surface area contributed by atoms with E-state index in [4.69, 9.17) is 11.6 Å². The Labute approximate surface area is 126 Å². The van der Waals surface area contributed by atoms with Gasteiger partial charge >= 0.3 is 0 Å². The molecule has 0 aliphatic heterocycles. The topological polar surface area (TPSA) is 42.7 Å². The van der Waals surface area contributed by atoms with E-state index in [9.17, 15) is 0 Å². The van der Waals surface area contributed by atoms with Gasteiger partial charge < -0.3 is 9.88 Å². The van der Waals surface area contributed by atoms with E-state index in [0.29, 0.717) is 4.47 Å². The predicted molar refractivity (Wildman–Crippen MR) is 84.5 cm³/mol. The minimum atomic E-state index is 0.579. The maximum atomic E-state index is 5.82. The molecule has 0 fully saturated rings. The van der Waals surface area contributed by atoms with Crippen molar-refractivity contribution in [1.29, 1.82) is 0 Å². The van der Waals surface area contributed by atoms with Gasteiger partial charge in [0, 0.05) is 23.3 Å². The van der Waals surface area contributed by atoms with Crippen molar-refractivity contribution in [3.63, 3.8) is 0 Å². The summed E-state index contributed by atoms with van der Waals surface area (Å²) in [6, 6.07) is 6.27. The second kappa shape index (κ2) is 5.81. The van der Waals surface area contributed by atoms with Gasteiger partial charge in [0.1, 0.15) is 0 Å². The van der Waals surface area contributed by atoms with Crippen LogP contribution in [0, 0.1) is 0 Å². The van der Waals surface area contributed by atoms with E-state index in [2.05, 4.69) is 45.0 Å². The number of nitrogens with one attached hydrogen (secondary N) is 1. The fraction of sp³-hybridized carbons (Fsp3) is 0.286. The Morgan fingerprint density at radius 2 is 2.25 bits per heavy atom. The summed E-state index contributed by atoms with van der Waals surface area (Å²) in [7, 11) is 0. The molecule has 2 heterocycles. The van der Waals surface area contributed by atoms with Crippen LogP contribution in [0.3, 0.4) is 0 Å². The number of imidazole rings is 1. The highest BCUT2D eigenvalue weighted by Gasteiger charge is 2.04. The molecule has 0 radical (unpaired) electrons. The predicted octanol–water partition coefficient (Wildman–Crippen LogP) is 4.17. The largest absolute Gasteiger partial charge is 0.380 e. The number of aromatic nitrogens is 3. The molecule has 6 heteroatoms.